The zero-order chi connectivity index (χ0) is 28.8. The molecule has 2 aliphatic rings. The van der Waals surface area contributed by atoms with Gasteiger partial charge in [-0.25, -0.2) is 9.59 Å². The van der Waals surface area contributed by atoms with Crippen molar-refractivity contribution in [2.24, 2.45) is 5.92 Å². The first-order valence-corrected chi connectivity index (χ1v) is 14.2. The van der Waals surface area contributed by atoms with Crippen LogP contribution in [0, 0.1) is 5.92 Å². The highest BCUT2D eigenvalue weighted by Gasteiger charge is 2.34. The van der Waals surface area contributed by atoms with Crippen LogP contribution >= 0.6 is 0 Å². The van der Waals surface area contributed by atoms with Crippen LogP contribution in [-0.2, 0) is 25.7 Å². The van der Waals surface area contributed by atoms with Crippen LogP contribution in [0.5, 0.6) is 0 Å². The number of ether oxygens (including phenoxy) is 2. The summed E-state index contributed by atoms with van der Waals surface area (Å²) in [5.74, 6) is -1.67. The Morgan fingerprint density at radius 2 is 1.54 bits per heavy atom. The number of carboxylic acids is 1. The molecular weight excluding hydrogens is 520 g/mol. The summed E-state index contributed by atoms with van der Waals surface area (Å²) < 4.78 is 11.4. The lowest BCUT2D eigenvalue weighted by Crippen LogP contribution is -2.49. The number of benzene rings is 3. The zero-order valence-electron chi connectivity index (χ0n) is 23.1. The van der Waals surface area contributed by atoms with Gasteiger partial charge in [-0.05, 0) is 53.5 Å². The van der Waals surface area contributed by atoms with Gasteiger partial charge in [-0.1, -0.05) is 85.3 Å². The topological polar surface area (TPSA) is 114 Å². The van der Waals surface area contributed by atoms with Crippen molar-refractivity contribution in [3.63, 3.8) is 0 Å². The Balaban J connectivity index is 1.12. The van der Waals surface area contributed by atoms with E-state index in [1.165, 1.54) is 11.1 Å². The number of amides is 2. The van der Waals surface area contributed by atoms with E-state index in [0.717, 1.165) is 36.0 Å². The molecular formula is C33H36N2O6. The first-order valence-electron chi connectivity index (χ1n) is 14.2. The van der Waals surface area contributed by atoms with E-state index < -0.39 is 24.2 Å². The molecule has 3 aromatic carbocycles. The van der Waals surface area contributed by atoms with Crippen LogP contribution in [0.25, 0.3) is 11.1 Å². The van der Waals surface area contributed by atoms with E-state index in [-0.39, 0.29) is 43.4 Å². The summed E-state index contributed by atoms with van der Waals surface area (Å²) in [5, 5.41) is 15.3. The predicted octanol–water partition coefficient (Wildman–Crippen LogP) is 5.26. The van der Waals surface area contributed by atoms with Gasteiger partial charge in [-0.3, -0.25) is 4.79 Å². The molecule has 2 unspecified atom stereocenters. The molecule has 0 heterocycles. The lowest BCUT2D eigenvalue weighted by atomic mass is 9.98. The average molecular weight is 557 g/mol. The number of hydrogen-bond donors (Lipinski definition) is 3. The highest BCUT2D eigenvalue weighted by atomic mass is 16.5. The average Bonchev–Trinajstić information content (AvgIpc) is 3.55. The number of nitrogens with one attached hydrogen (secondary N) is 2. The minimum Gasteiger partial charge on any atom is -0.480 e. The van der Waals surface area contributed by atoms with Crippen LogP contribution in [0.15, 0.2) is 78.9 Å². The Hall–Kier alpha value is -4.17. The molecule has 214 valence electrons. The molecule has 0 radical (unpaired) electrons. The number of carboxylic acid groups (broad SMARTS) is 1. The molecule has 0 saturated heterocycles. The maximum atomic E-state index is 12.9. The third-order valence-electron chi connectivity index (χ3n) is 8.16. The Morgan fingerprint density at radius 3 is 2.20 bits per heavy atom. The van der Waals surface area contributed by atoms with E-state index in [0.29, 0.717) is 0 Å². The zero-order valence-corrected chi connectivity index (χ0v) is 23.1. The summed E-state index contributed by atoms with van der Waals surface area (Å²) in [6.45, 7) is 2.11. The quantitative estimate of drug-likeness (QED) is 0.297. The van der Waals surface area contributed by atoms with Gasteiger partial charge in [-0.2, -0.15) is 0 Å². The second kappa shape index (κ2) is 13.0. The fourth-order valence-electron chi connectivity index (χ4n) is 6.01. The number of carbonyl (C=O) groups is 3. The predicted molar refractivity (Wildman–Crippen MR) is 154 cm³/mol. The van der Waals surface area contributed by atoms with Gasteiger partial charge in [0.05, 0.1) is 12.7 Å². The molecule has 8 nitrogen and oxygen atoms in total. The molecule has 1 fully saturated rings. The summed E-state index contributed by atoms with van der Waals surface area (Å²) in [7, 11) is 0. The third-order valence-corrected chi connectivity index (χ3v) is 8.16. The van der Waals surface area contributed by atoms with Crippen molar-refractivity contribution < 1.29 is 29.0 Å². The molecule has 41 heavy (non-hydrogen) atoms. The first kappa shape index (κ1) is 28.4. The van der Waals surface area contributed by atoms with Crippen molar-refractivity contribution >= 4 is 18.0 Å². The number of alkyl carbamates (subject to hydrolysis) is 1. The van der Waals surface area contributed by atoms with Crippen LogP contribution < -0.4 is 10.6 Å². The second-order valence-corrected chi connectivity index (χ2v) is 10.9. The monoisotopic (exact) mass is 556 g/mol. The van der Waals surface area contributed by atoms with E-state index in [1.54, 1.807) is 6.92 Å². The largest absolute Gasteiger partial charge is 0.480 e. The van der Waals surface area contributed by atoms with Gasteiger partial charge in [-0.15, -0.1) is 0 Å². The molecule has 0 spiro atoms. The Bertz CT molecular complexity index is 1330. The number of hydrogen-bond acceptors (Lipinski definition) is 5. The fraction of sp³-hybridized carbons (Fsp3) is 0.364. The summed E-state index contributed by atoms with van der Waals surface area (Å²) in [5.41, 5.74) is 5.54. The van der Waals surface area contributed by atoms with Crippen LogP contribution in [0.3, 0.4) is 0 Å². The minimum absolute atomic E-state index is 0.0302. The van der Waals surface area contributed by atoms with Gasteiger partial charge in [0, 0.05) is 18.4 Å². The first-order chi connectivity index (χ1) is 19.9. The molecule has 2 amide bonds. The SMILES string of the molecule is C[C@@H](OCc1ccccc1)[C@H](NC(=O)CC1CCCC1NC(=O)OCC1c2ccccc2-c2ccccc21)C(=O)O. The van der Waals surface area contributed by atoms with Crippen molar-refractivity contribution in [3.8, 4) is 11.1 Å². The third kappa shape index (κ3) is 6.77. The molecule has 0 aromatic heterocycles. The van der Waals surface area contributed by atoms with Crippen molar-refractivity contribution in [2.75, 3.05) is 6.61 Å². The Morgan fingerprint density at radius 1 is 0.902 bits per heavy atom. The van der Waals surface area contributed by atoms with Gasteiger partial charge < -0.3 is 25.2 Å². The Kier molecular flexibility index (Phi) is 8.99. The molecule has 1 saturated carbocycles. The van der Waals surface area contributed by atoms with Gasteiger partial charge >= 0.3 is 12.1 Å². The summed E-state index contributed by atoms with van der Waals surface area (Å²) in [4.78, 5) is 37.6. The normalized spacial score (nSPS) is 19.0. The van der Waals surface area contributed by atoms with E-state index in [1.807, 2.05) is 54.6 Å². The summed E-state index contributed by atoms with van der Waals surface area (Å²) in [6, 6.07) is 24.4. The highest BCUT2D eigenvalue weighted by molar-refractivity contribution is 5.84. The fourth-order valence-corrected chi connectivity index (χ4v) is 6.01. The molecule has 2 aliphatic carbocycles. The van der Waals surface area contributed by atoms with E-state index in [4.69, 9.17) is 9.47 Å². The molecule has 0 bridgehead atoms. The van der Waals surface area contributed by atoms with Gasteiger partial charge in [0.1, 0.15) is 6.61 Å². The molecule has 4 atom stereocenters. The number of fused-ring (bicyclic) bond motifs is 3. The van der Waals surface area contributed by atoms with Crippen LogP contribution in [-0.4, -0.2) is 47.9 Å². The van der Waals surface area contributed by atoms with Gasteiger partial charge in [0.2, 0.25) is 5.91 Å². The Labute approximate surface area is 240 Å². The maximum Gasteiger partial charge on any atom is 0.407 e. The van der Waals surface area contributed by atoms with E-state index in [9.17, 15) is 19.5 Å². The second-order valence-electron chi connectivity index (χ2n) is 10.9. The maximum absolute atomic E-state index is 12.9. The van der Waals surface area contributed by atoms with Crippen LogP contribution in [0.4, 0.5) is 4.79 Å². The highest BCUT2D eigenvalue weighted by Crippen LogP contribution is 2.44. The van der Waals surface area contributed by atoms with Crippen LogP contribution in [0.1, 0.15) is 55.2 Å². The lowest BCUT2D eigenvalue weighted by Gasteiger charge is -2.24. The van der Waals surface area contributed by atoms with Crippen molar-refractivity contribution in [2.45, 2.75) is 63.3 Å². The van der Waals surface area contributed by atoms with Crippen molar-refractivity contribution in [1.29, 1.82) is 0 Å². The number of rotatable bonds is 11. The number of aliphatic carboxylic acids is 1. The summed E-state index contributed by atoms with van der Waals surface area (Å²) in [6.07, 6.45) is 1.25. The molecule has 5 rings (SSSR count). The molecule has 0 aliphatic heterocycles. The van der Waals surface area contributed by atoms with Crippen molar-refractivity contribution in [3.05, 3.63) is 95.6 Å². The van der Waals surface area contributed by atoms with Crippen LogP contribution in [0.2, 0.25) is 0 Å². The number of carbonyl (C=O) groups excluding carboxylic acids is 2. The van der Waals surface area contributed by atoms with E-state index >= 15 is 0 Å². The summed E-state index contributed by atoms with van der Waals surface area (Å²) >= 11 is 0. The molecule has 3 aromatic rings. The minimum atomic E-state index is -1.18. The molecule has 3 N–H and O–H groups in total. The molecule has 8 heteroatoms. The van der Waals surface area contributed by atoms with Crippen molar-refractivity contribution in [1.82, 2.24) is 10.6 Å². The lowest BCUT2D eigenvalue weighted by molar-refractivity contribution is -0.146. The smallest absolute Gasteiger partial charge is 0.407 e. The van der Waals surface area contributed by atoms with Gasteiger partial charge in [0.15, 0.2) is 6.04 Å². The standard InChI is InChI=1S/C33H36N2O6/c1-21(40-19-22-10-3-2-4-11-22)31(32(37)38)35-30(36)18-23-12-9-17-29(23)34-33(39)41-20-28-26-15-7-5-13-24(26)25-14-6-8-16-27(25)28/h2-8,10-11,13-16,21,23,28-29,31H,9,12,17-20H2,1H3,(H,34,39)(H,35,36)(H,37,38)/t21-,23?,29?,31+/m1/s1. The van der Waals surface area contributed by atoms with E-state index in [2.05, 4.69) is 34.9 Å². The van der Waals surface area contributed by atoms with Gasteiger partial charge in [0.25, 0.3) is 0 Å².